The lowest BCUT2D eigenvalue weighted by Gasteiger charge is -2.25. The van der Waals surface area contributed by atoms with Crippen molar-refractivity contribution < 1.29 is 8.42 Å². The van der Waals surface area contributed by atoms with Gasteiger partial charge in [0.2, 0.25) is 10.0 Å². The maximum atomic E-state index is 11.0. The van der Waals surface area contributed by atoms with E-state index in [-0.39, 0.29) is 30.0 Å². The van der Waals surface area contributed by atoms with Crippen LogP contribution >= 0.6 is 24.0 Å². The van der Waals surface area contributed by atoms with Gasteiger partial charge in [0.15, 0.2) is 5.96 Å². The lowest BCUT2D eigenvalue weighted by atomic mass is 10.1. The minimum absolute atomic E-state index is 0. The highest BCUT2D eigenvalue weighted by molar-refractivity contribution is 14.0. The number of rotatable bonds is 5. The van der Waals surface area contributed by atoms with E-state index in [1.54, 1.807) is 7.05 Å². The van der Waals surface area contributed by atoms with Gasteiger partial charge in [0.1, 0.15) is 11.6 Å². The first-order chi connectivity index (χ1) is 10.4. The average Bonchev–Trinajstić information content (AvgIpc) is 2.82. The summed E-state index contributed by atoms with van der Waals surface area (Å²) in [5, 5.41) is 10.8. The van der Waals surface area contributed by atoms with Crippen molar-refractivity contribution in [1.29, 1.82) is 0 Å². The van der Waals surface area contributed by atoms with Gasteiger partial charge < -0.3 is 10.6 Å². The Bertz CT molecular complexity index is 644. The molecule has 1 aromatic rings. The van der Waals surface area contributed by atoms with Crippen LogP contribution in [0.15, 0.2) is 4.99 Å². The Kier molecular flexibility index (Phi) is 7.67. The number of aryl methyl sites for hydroxylation is 2. The van der Waals surface area contributed by atoms with Crippen LogP contribution in [0.3, 0.4) is 0 Å². The number of fused-ring (bicyclic) bond motifs is 1. The van der Waals surface area contributed by atoms with Crippen molar-refractivity contribution >= 4 is 40.0 Å². The van der Waals surface area contributed by atoms with Crippen molar-refractivity contribution in [2.45, 2.75) is 32.4 Å². The van der Waals surface area contributed by atoms with Crippen LogP contribution in [0.5, 0.6) is 0 Å². The van der Waals surface area contributed by atoms with E-state index < -0.39 is 10.0 Å². The minimum atomic E-state index is -3.17. The Morgan fingerprint density at radius 3 is 2.83 bits per heavy atom. The first kappa shape index (κ1) is 20.1. The van der Waals surface area contributed by atoms with E-state index in [1.165, 1.54) is 0 Å². The van der Waals surface area contributed by atoms with Crippen LogP contribution < -0.4 is 15.4 Å². The molecule has 1 aromatic heterocycles. The Morgan fingerprint density at radius 2 is 2.17 bits per heavy atom. The summed E-state index contributed by atoms with van der Waals surface area (Å²) in [6, 6.07) is 0.0593. The Hall–Kier alpha value is -0.950. The molecule has 1 aliphatic rings. The Balaban J connectivity index is 0.00000264. The molecule has 1 unspecified atom stereocenters. The predicted molar refractivity (Wildman–Crippen MR) is 99.5 cm³/mol. The SMILES string of the molecule is CN=C(NCCNS(C)(=O)=O)NC1CCCn2nc(C)nc21.I. The van der Waals surface area contributed by atoms with E-state index in [9.17, 15) is 8.42 Å². The molecule has 23 heavy (non-hydrogen) atoms. The number of guanidine groups is 1. The highest BCUT2D eigenvalue weighted by Gasteiger charge is 2.24. The van der Waals surface area contributed by atoms with Gasteiger partial charge in [-0.2, -0.15) is 5.10 Å². The van der Waals surface area contributed by atoms with Crippen LogP contribution in [0.25, 0.3) is 0 Å². The van der Waals surface area contributed by atoms with Gasteiger partial charge >= 0.3 is 0 Å². The van der Waals surface area contributed by atoms with Crippen LogP contribution in [0, 0.1) is 6.92 Å². The number of aromatic nitrogens is 3. The molecule has 132 valence electrons. The number of sulfonamides is 1. The van der Waals surface area contributed by atoms with E-state index in [4.69, 9.17) is 0 Å². The fourth-order valence-corrected chi connectivity index (χ4v) is 2.85. The van der Waals surface area contributed by atoms with Crippen LogP contribution in [0.2, 0.25) is 0 Å². The van der Waals surface area contributed by atoms with Crippen molar-refractivity contribution in [1.82, 2.24) is 30.1 Å². The third-order valence-electron chi connectivity index (χ3n) is 3.30. The average molecular weight is 457 g/mol. The third-order valence-corrected chi connectivity index (χ3v) is 4.03. The predicted octanol–water partition coefficient (Wildman–Crippen LogP) is -0.246. The molecule has 0 bridgehead atoms. The molecule has 2 rings (SSSR count). The monoisotopic (exact) mass is 457 g/mol. The van der Waals surface area contributed by atoms with Gasteiger partial charge in [-0.3, -0.25) is 4.99 Å². The molecular formula is C12H24IN7O2S. The minimum Gasteiger partial charge on any atom is -0.355 e. The lowest BCUT2D eigenvalue weighted by Crippen LogP contribution is -2.44. The second-order valence-corrected chi connectivity index (χ2v) is 7.08. The highest BCUT2D eigenvalue weighted by Crippen LogP contribution is 2.22. The second kappa shape index (κ2) is 8.78. The fraction of sp³-hybridized carbons (Fsp3) is 0.750. The molecule has 9 nitrogen and oxygen atoms in total. The summed E-state index contributed by atoms with van der Waals surface area (Å²) in [5.74, 6) is 2.30. The summed E-state index contributed by atoms with van der Waals surface area (Å²) in [6.45, 7) is 3.52. The van der Waals surface area contributed by atoms with E-state index in [1.807, 2.05) is 11.6 Å². The summed E-state index contributed by atoms with van der Waals surface area (Å²) < 4.78 is 26.3. The number of aliphatic imine (C=N–C) groups is 1. The molecule has 11 heteroatoms. The molecule has 3 N–H and O–H groups in total. The standard InChI is InChI=1S/C12H23N7O2S.HI/c1-9-16-11-10(5-4-8-19(11)18-9)17-12(13-2)14-6-7-15-22(3,20)21;/h10,15H,4-8H2,1-3H3,(H2,13,14,17);1H. The topological polar surface area (TPSA) is 113 Å². The normalized spacial score (nSPS) is 18.0. The van der Waals surface area contributed by atoms with Gasteiger partial charge in [0.05, 0.1) is 12.3 Å². The number of hydrogen-bond acceptors (Lipinski definition) is 5. The van der Waals surface area contributed by atoms with E-state index in [0.717, 1.165) is 37.3 Å². The van der Waals surface area contributed by atoms with Crippen molar-refractivity contribution in [3.05, 3.63) is 11.6 Å². The molecule has 0 amide bonds. The van der Waals surface area contributed by atoms with Crippen molar-refractivity contribution in [2.24, 2.45) is 4.99 Å². The van der Waals surface area contributed by atoms with E-state index in [2.05, 4.69) is 30.4 Å². The number of nitrogens with one attached hydrogen (secondary N) is 3. The molecule has 0 aliphatic carbocycles. The summed E-state index contributed by atoms with van der Waals surface area (Å²) in [7, 11) is -1.49. The van der Waals surface area contributed by atoms with Gasteiger partial charge in [-0.05, 0) is 19.8 Å². The van der Waals surface area contributed by atoms with Crippen LogP contribution in [0.4, 0.5) is 0 Å². The number of halogens is 1. The van der Waals surface area contributed by atoms with Crippen molar-refractivity contribution in [3.63, 3.8) is 0 Å². The second-order valence-electron chi connectivity index (χ2n) is 5.25. The van der Waals surface area contributed by atoms with Gasteiger partial charge in [-0.15, -0.1) is 24.0 Å². The fourth-order valence-electron chi connectivity index (χ4n) is 2.38. The van der Waals surface area contributed by atoms with Crippen LogP contribution in [0.1, 0.15) is 30.5 Å². The van der Waals surface area contributed by atoms with Gasteiger partial charge in [0, 0.05) is 26.7 Å². The smallest absolute Gasteiger partial charge is 0.208 e. The highest BCUT2D eigenvalue weighted by atomic mass is 127. The molecular weight excluding hydrogens is 433 g/mol. The maximum Gasteiger partial charge on any atom is 0.208 e. The Morgan fingerprint density at radius 1 is 1.43 bits per heavy atom. The number of hydrogen-bond donors (Lipinski definition) is 3. The first-order valence-electron chi connectivity index (χ1n) is 7.22. The summed E-state index contributed by atoms with van der Waals surface area (Å²) >= 11 is 0. The molecule has 2 heterocycles. The molecule has 1 atom stereocenters. The largest absolute Gasteiger partial charge is 0.355 e. The molecule has 0 aromatic carbocycles. The van der Waals surface area contributed by atoms with Gasteiger partial charge in [-0.25, -0.2) is 22.8 Å². The molecule has 0 saturated heterocycles. The lowest BCUT2D eigenvalue weighted by molar-refractivity contribution is 0.398. The Labute approximate surface area is 153 Å². The van der Waals surface area contributed by atoms with Crippen molar-refractivity contribution in [2.75, 3.05) is 26.4 Å². The zero-order valence-corrected chi connectivity index (χ0v) is 16.7. The zero-order valence-electron chi connectivity index (χ0n) is 13.5. The summed E-state index contributed by atoms with van der Waals surface area (Å²) in [4.78, 5) is 8.62. The number of nitrogens with zero attached hydrogens (tertiary/aromatic N) is 4. The molecule has 1 aliphatic heterocycles. The van der Waals surface area contributed by atoms with Crippen LogP contribution in [-0.2, 0) is 16.6 Å². The van der Waals surface area contributed by atoms with Crippen LogP contribution in [-0.4, -0.2) is 55.5 Å². The molecule has 0 saturated carbocycles. The third kappa shape index (κ3) is 6.22. The zero-order chi connectivity index (χ0) is 16.2. The van der Waals surface area contributed by atoms with Gasteiger partial charge in [-0.1, -0.05) is 0 Å². The molecule has 0 radical (unpaired) electrons. The first-order valence-corrected chi connectivity index (χ1v) is 9.11. The summed E-state index contributed by atoms with van der Waals surface area (Å²) in [5.41, 5.74) is 0. The van der Waals surface area contributed by atoms with E-state index in [0.29, 0.717) is 19.0 Å². The maximum absolute atomic E-state index is 11.0. The molecule has 0 spiro atoms. The quantitative estimate of drug-likeness (QED) is 0.243. The van der Waals surface area contributed by atoms with Crippen molar-refractivity contribution in [3.8, 4) is 0 Å². The molecule has 0 fully saturated rings. The summed E-state index contributed by atoms with van der Waals surface area (Å²) in [6.07, 6.45) is 3.12. The van der Waals surface area contributed by atoms with Gasteiger partial charge in [0.25, 0.3) is 0 Å². The van der Waals surface area contributed by atoms with E-state index >= 15 is 0 Å².